The summed E-state index contributed by atoms with van der Waals surface area (Å²) in [7, 11) is 2.05. The van der Waals surface area contributed by atoms with E-state index in [1.54, 1.807) is 0 Å². The molecule has 21 heavy (non-hydrogen) atoms. The summed E-state index contributed by atoms with van der Waals surface area (Å²) in [4.78, 5) is 13.7. The molecule has 1 aromatic carbocycles. The molecule has 0 aromatic heterocycles. The first-order valence-electron chi connectivity index (χ1n) is 7.13. The Bertz CT molecular complexity index is 498. The minimum atomic E-state index is -0.421. The molecule has 1 amide bonds. The summed E-state index contributed by atoms with van der Waals surface area (Å²) < 4.78 is 5.73. The zero-order chi connectivity index (χ0) is 15.4. The van der Waals surface area contributed by atoms with Gasteiger partial charge in [-0.2, -0.15) is 0 Å². The number of nitrogens with two attached hydrogens (primary N) is 1. The Morgan fingerprint density at radius 2 is 2.33 bits per heavy atom. The lowest BCUT2D eigenvalue weighted by atomic mass is 10.1. The monoisotopic (exact) mass is 311 g/mol. The zero-order valence-corrected chi connectivity index (χ0v) is 13.1. The maximum Gasteiger partial charge on any atom is 0.263 e. The zero-order valence-electron chi connectivity index (χ0n) is 12.4. The summed E-state index contributed by atoms with van der Waals surface area (Å²) in [6, 6.07) is 8.09. The molecule has 5 nitrogen and oxygen atoms in total. The molecule has 116 valence electrons. The van der Waals surface area contributed by atoms with Gasteiger partial charge in [0.25, 0.3) is 5.91 Å². The number of amides is 1. The lowest BCUT2D eigenvalue weighted by Gasteiger charge is -2.27. The van der Waals surface area contributed by atoms with E-state index in [2.05, 4.69) is 23.3 Å². The average molecular weight is 312 g/mol. The summed E-state index contributed by atoms with van der Waals surface area (Å²) in [6.45, 7) is 2.90. The van der Waals surface area contributed by atoms with Gasteiger partial charge in [-0.15, -0.1) is 0 Å². The predicted octanol–water partition coefficient (Wildman–Crippen LogP) is 1.87. The summed E-state index contributed by atoms with van der Waals surface area (Å²) >= 11 is 6.03. The molecule has 2 rings (SSSR count). The lowest BCUT2D eigenvalue weighted by Crippen LogP contribution is -2.40. The first kappa shape index (κ1) is 16.2. The van der Waals surface area contributed by atoms with Gasteiger partial charge >= 0.3 is 0 Å². The molecule has 0 spiro atoms. The van der Waals surface area contributed by atoms with E-state index in [0.717, 1.165) is 18.0 Å². The molecule has 0 aliphatic carbocycles. The van der Waals surface area contributed by atoms with Gasteiger partial charge in [-0.05, 0) is 44.5 Å². The van der Waals surface area contributed by atoms with E-state index >= 15 is 0 Å². The molecule has 0 bridgehead atoms. The van der Waals surface area contributed by atoms with Crippen LogP contribution in [-0.2, 0) is 9.53 Å². The van der Waals surface area contributed by atoms with Gasteiger partial charge in [0.15, 0.2) is 0 Å². The molecule has 1 aliphatic heterocycles. The van der Waals surface area contributed by atoms with Crippen LogP contribution in [0.5, 0.6) is 0 Å². The third kappa shape index (κ3) is 4.17. The lowest BCUT2D eigenvalue weighted by molar-refractivity contribution is -0.132. The van der Waals surface area contributed by atoms with Crippen LogP contribution >= 0.6 is 11.6 Å². The quantitative estimate of drug-likeness (QED) is 0.495. The fourth-order valence-electron chi connectivity index (χ4n) is 2.63. The minimum Gasteiger partial charge on any atom is -0.364 e. The summed E-state index contributed by atoms with van der Waals surface area (Å²) in [5.74, 6) is 4.89. The Morgan fingerprint density at radius 1 is 1.57 bits per heavy atom. The van der Waals surface area contributed by atoms with Crippen molar-refractivity contribution in [3.63, 3.8) is 0 Å². The Labute approximate surface area is 130 Å². The standard InChI is InChI=1S/C15H22ClN3O2/c1-10(11-4-3-5-12(16)8-11)19(2)9-13-6-7-14(21-13)15(20)18-17/h3-5,8,10,13-14H,6-7,9,17H2,1-2H3,(H,18,20). The molecular weight excluding hydrogens is 290 g/mol. The summed E-state index contributed by atoms with van der Waals surface area (Å²) in [6.07, 6.45) is 1.21. The van der Waals surface area contributed by atoms with Crippen molar-refractivity contribution >= 4 is 17.5 Å². The highest BCUT2D eigenvalue weighted by atomic mass is 35.5. The van der Waals surface area contributed by atoms with Crippen LogP contribution in [0.3, 0.4) is 0 Å². The number of hydrazine groups is 1. The average Bonchev–Trinajstić information content (AvgIpc) is 2.94. The highest BCUT2D eigenvalue weighted by Crippen LogP contribution is 2.25. The van der Waals surface area contributed by atoms with Crippen molar-refractivity contribution in [3.05, 3.63) is 34.9 Å². The molecule has 3 atom stereocenters. The number of nitrogens with one attached hydrogen (secondary N) is 1. The Kier molecular flexibility index (Phi) is 5.58. The van der Waals surface area contributed by atoms with E-state index < -0.39 is 6.10 Å². The van der Waals surface area contributed by atoms with Crippen molar-refractivity contribution in [2.24, 2.45) is 5.84 Å². The second-order valence-corrected chi connectivity index (χ2v) is 5.94. The number of ether oxygens (including phenoxy) is 1. The van der Waals surface area contributed by atoms with Crippen LogP contribution < -0.4 is 11.3 Å². The first-order valence-corrected chi connectivity index (χ1v) is 7.50. The van der Waals surface area contributed by atoms with Crippen molar-refractivity contribution in [1.29, 1.82) is 0 Å². The van der Waals surface area contributed by atoms with Crippen LogP contribution in [0.4, 0.5) is 0 Å². The van der Waals surface area contributed by atoms with E-state index in [4.69, 9.17) is 22.2 Å². The third-order valence-electron chi connectivity index (χ3n) is 4.03. The first-order chi connectivity index (χ1) is 10.0. The maximum absolute atomic E-state index is 11.4. The van der Waals surface area contributed by atoms with Crippen LogP contribution in [0.15, 0.2) is 24.3 Å². The molecule has 1 aromatic rings. The predicted molar refractivity (Wildman–Crippen MR) is 82.7 cm³/mol. The van der Waals surface area contributed by atoms with Crippen molar-refractivity contribution in [3.8, 4) is 0 Å². The maximum atomic E-state index is 11.4. The van der Waals surface area contributed by atoms with Gasteiger partial charge in [0.1, 0.15) is 6.10 Å². The topological polar surface area (TPSA) is 67.6 Å². The fourth-order valence-corrected chi connectivity index (χ4v) is 2.82. The van der Waals surface area contributed by atoms with E-state index in [0.29, 0.717) is 6.42 Å². The molecule has 1 fully saturated rings. The number of nitrogens with zero attached hydrogens (tertiary/aromatic N) is 1. The number of rotatable bonds is 5. The van der Waals surface area contributed by atoms with Gasteiger partial charge in [0.2, 0.25) is 0 Å². The molecule has 1 heterocycles. The van der Waals surface area contributed by atoms with Crippen LogP contribution in [0.25, 0.3) is 0 Å². The highest BCUT2D eigenvalue weighted by Gasteiger charge is 2.31. The van der Waals surface area contributed by atoms with E-state index in [-0.39, 0.29) is 18.1 Å². The number of carbonyl (C=O) groups is 1. The number of halogens is 1. The largest absolute Gasteiger partial charge is 0.364 e. The smallest absolute Gasteiger partial charge is 0.263 e. The van der Waals surface area contributed by atoms with E-state index in [9.17, 15) is 4.79 Å². The molecule has 0 saturated carbocycles. The molecule has 0 radical (unpaired) electrons. The number of hydrogen-bond donors (Lipinski definition) is 2. The van der Waals surface area contributed by atoms with Crippen molar-refractivity contribution in [2.45, 2.75) is 38.0 Å². The summed E-state index contributed by atoms with van der Waals surface area (Å²) in [5, 5.41) is 0.740. The van der Waals surface area contributed by atoms with Gasteiger partial charge < -0.3 is 4.74 Å². The number of benzene rings is 1. The molecule has 1 aliphatic rings. The van der Waals surface area contributed by atoms with Gasteiger partial charge in [0, 0.05) is 17.6 Å². The van der Waals surface area contributed by atoms with Gasteiger partial charge in [-0.1, -0.05) is 23.7 Å². The van der Waals surface area contributed by atoms with Gasteiger partial charge in [-0.25, -0.2) is 5.84 Å². The Morgan fingerprint density at radius 3 is 3.00 bits per heavy atom. The van der Waals surface area contributed by atoms with Crippen molar-refractivity contribution in [2.75, 3.05) is 13.6 Å². The molecule has 1 saturated heterocycles. The second kappa shape index (κ2) is 7.22. The molecular formula is C15H22ClN3O2. The molecule has 3 unspecified atom stereocenters. The third-order valence-corrected chi connectivity index (χ3v) is 4.26. The number of carbonyl (C=O) groups excluding carboxylic acids is 1. The van der Waals surface area contributed by atoms with Crippen LogP contribution in [-0.4, -0.2) is 36.6 Å². The molecule has 6 heteroatoms. The summed E-state index contributed by atoms with van der Waals surface area (Å²) in [5.41, 5.74) is 3.31. The van der Waals surface area contributed by atoms with Crippen molar-refractivity contribution < 1.29 is 9.53 Å². The van der Waals surface area contributed by atoms with Crippen LogP contribution in [0.1, 0.15) is 31.4 Å². The SMILES string of the molecule is CC(c1cccc(Cl)c1)N(C)CC1CCC(C(=O)NN)O1. The van der Waals surface area contributed by atoms with Gasteiger partial charge in [0.05, 0.1) is 6.10 Å². The van der Waals surface area contributed by atoms with Crippen LogP contribution in [0, 0.1) is 0 Å². The van der Waals surface area contributed by atoms with Crippen LogP contribution in [0.2, 0.25) is 5.02 Å². The minimum absolute atomic E-state index is 0.0546. The second-order valence-electron chi connectivity index (χ2n) is 5.50. The normalized spacial score (nSPS) is 23.3. The fraction of sp³-hybridized carbons (Fsp3) is 0.533. The van der Waals surface area contributed by atoms with E-state index in [1.165, 1.54) is 5.56 Å². The number of likely N-dealkylation sites (N-methyl/N-ethyl adjacent to an activating group) is 1. The number of hydrogen-bond acceptors (Lipinski definition) is 4. The van der Waals surface area contributed by atoms with Gasteiger partial charge in [-0.3, -0.25) is 15.1 Å². The Hall–Kier alpha value is -1.14. The highest BCUT2D eigenvalue weighted by molar-refractivity contribution is 6.30. The Balaban J connectivity index is 1.90. The van der Waals surface area contributed by atoms with Crippen molar-refractivity contribution in [1.82, 2.24) is 10.3 Å². The van der Waals surface area contributed by atoms with E-state index in [1.807, 2.05) is 25.2 Å². The molecule has 3 N–H and O–H groups in total.